The number of amides is 1. The molecule has 1 saturated heterocycles. The van der Waals surface area contributed by atoms with E-state index in [4.69, 9.17) is 0 Å². The van der Waals surface area contributed by atoms with Crippen molar-refractivity contribution in [2.24, 2.45) is 0 Å². The second-order valence-electron chi connectivity index (χ2n) is 5.68. The minimum atomic E-state index is -0.0112. The number of fused-ring (bicyclic) bond motifs is 1. The quantitative estimate of drug-likeness (QED) is 0.892. The van der Waals surface area contributed by atoms with E-state index in [0.29, 0.717) is 0 Å². The molecule has 1 amide bonds. The smallest absolute Gasteiger partial charge is 0.237 e. The Labute approximate surface area is 118 Å². The van der Waals surface area contributed by atoms with Gasteiger partial charge in [-0.3, -0.25) is 10.1 Å². The van der Waals surface area contributed by atoms with Crippen LogP contribution in [0.25, 0.3) is 0 Å². The summed E-state index contributed by atoms with van der Waals surface area (Å²) < 4.78 is 0. The fourth-order valence-electron chi connectivity index (χ4n) is 3.04. The molecule has 0 bridgehead atoms. The minimum Gasteiger partial charge on any atom is -0.355 e. The average Bonchev–Trinajstić information content (AvgIpc) is 2.85. The van der Waals surface area contributed by atoms with Crippen molar-refractivity contribution in [3.8, 4) is 0 Å². The van der Waals surface area contributed by atoms with Crippen molar-refractivity contribution in [1.29, 1.82) is 0 Å². The molecule has 2 N–H and O–H groups in total. The largest absolute Gasteiger partial charge is 0.355 e. The summed E-state index contributed by atoms with van der Waals surface area (Å²) in [7, 11) is 0. The van der Waals surface area contributed by atoms with Crippen LogP contribution in [0.3, 0.4) is 0 Å². The van der Waals surface area contributed by atoms with Crippen LogP contribution in [0.5, 0.6) is 0 Å². The highest BCUT2D eigenvalue weighted by atomic mass is 32.1. The number of aryl methyl sites for hydroxylation is 2. The van der Waals surface area contributed by atoms with Crippen LogP contribution in [0.15, 0.2) is 6.07 Å². The molecule has 2 aliphatic rings. The molecule has 104 valence electrons. The lowest BCUT2D eigenvalue weighted by atomic mass is 9.98. The summed E-state index contributed by atoms with van der Waals surface area (Å²) in [4.78, 5) is 14.8. The maximum atomic E-state index is 11.8. The zero-order valence-electron chi connectivity index (χ0n) is 11.5. The van der Waals surface area contributed by atoms with Crippen molar-refractivity contribution >= 4 is 17.2 Å². The zero-order valence-corrected chi connectivity index (χ0v) is 12.3. The summed E-state index contributed by atoms with van der Waals surface area (Å²) in [6.07, 6.45) is 7.19. The molecule has 1 aliphatic carbocycles. The van der Waals surface area contributed by atoms with Gasteiger partial charge in [-0.2, -0.15) is 0 Å². The third-order valence-electron chi connectivity index (χ3n) is 4.18. The Kier molecular flexibility index (Phi) is 3.89. The van der Waals surface area contributed by atoms with E-state index in [1.807, 2.05) is 11.3 Å². The molecule has 1 aromatic heterocycles. The fraction of sp³-hybridized carbons (Fsp3) is 0.667. The van der Waals surface area contributed by atoms with Crippen LogP contribution in [0.2, 0.25) is 0 Å². The van der Waals surface area contributed by atoms with E-state index in [9.17, 15) is 4.79 Å². The summed E-state index contributed by atoms with van der Waals surface area (Å²) in [5.41, 5.74) is 1.55. The first-order valence-electron chi connectivity index (χ1n) is 7.39. The molecule has 3 nitrogen and oxygen atoms in total. The van der Waals surface area contributed by atoms with Crippen LogP contribution in [-0.2, 0) is 17.6 Å². The van der Waals surface area contributed by atoms with Gasteiger partial charge < -0.3 is 5.32 Å². The Balaban J connectivity index is 1.67. The van der Waals surface area contributed by atoms with Crippen molar-refractivity contribution in [1.82, 2.24) is 10.6 Å². The van der Waals surface area contributed by atoms with Crippen LogP contribution >= 0.6 is 11.3 Å². The standard InChI is InChI=1S/C15H22N2OS/c1-10(17-12-6-4-8-16-15(12)18)14-9-11-5-2-3-7-13(11)19-14/h9-10,12,17H,2-8H2,1H3,(H,16,18). The second-order valence-corrected chi connectivity index (χ2v) is 6.85. The predicted octanol–water partition coefficient (Wildman–Crippen LogP) is 2.56. The lowest BCUT2D eigenvalue weighted by molar-refractivity contribution is -0.124. The van der Waals surface area contributed by atoms with Gasteiger partial charge in [0.2, 0.25) is 5.91 Å². The molecule has 3 rings (SSSR count). The third kappa shape index (κ3) is 2.84. The van der Waals surface area contributed by atoms with Gasteiger partial charge in [0.25, 0.3) is 0 Å². The number of thiophene rings is 1. The molecule has 2 unspecified atom stereocenters. The first kappa shape index (κ1) is 13.1. The van der Waals surface area contributed by atoms with E-state index < -0.39 is 0 Å². The van der Waals surface area contributed by atoms with Gasteiger partial charge >= 0.3 is 0 Å². The van der Waals surface area contributed by atoms with E-state index in [-0.39, 0.29) is 18.0 Å². The van der Waals surface area contributed by atoms with Crippen LogP contribution in [0.1, 0.15) is 54.0 Å². The van der Waals surface area contributed by atoms with Crippen LogP contribution in [0.4, 0.5) is 0 Å². The number of piperidine rings is 1. The SMILES string of the molecule is CC(NC1CCCNC1=O)c1cc2c(s1)CCCC2. The molecule has 2 atom stereocenters. The Morgan fingerprint density at radius 2 is 2.21 bits per heavy atom. The van der Waals surface area contributed by atoms with Crippen LogP contribution in [0, 0.1) is 0 Å². The maximum Gasteiger partial charge on any atom is 0.237 e. The van der Waals surface area contributed by atoms with E-state index >= 15 is 0 Å². The molecule has 1 fully saturated rings. The van der Waals surface area contributed by atoms with Crippen molar-refractivity contribution in [2.45, 2.75) is 57.5 Å². The monoisotopic (exact) mass is 278 g/mol. The number of hydrogen-bond acceptors (Lipinski definition) is 3. The number of carbonyl (C=O) groups is 1. The maximum absolute atomic E-state index is 11.8. The fourth-order valence-corrected chi connectivity index (χ4v) is 4.31. The highest BCUT2D eigenvalue weighted by Gasteiger charge is 2.25. The van der Waals surface area contributed by atoms with Crippen molar-refractivity contribution in [3.63, 3.8) is 0 Å². The lowest BCUT2D eigenvalue weighted by Crippen LogP contribution is -2.48. The Morgan fingerprint density at radius 1 is 1.37 bits per heavy atom. The van der Waals surface area contributed by atoms with E-state index in [0.717, 1.165) is 19.4 Å². The number of nitrogens with one attached hydrogen (secondary N) is 2. The molecule has 19 heavy (non-hydrogen) atoms. The third-order valence-corrected chi connectivity index (χ3v) is 5.60. The van der Waals surface area contributed by atoms with Gasteiger partial charge in [-0.1, -0.05) is 0 Å². The molecular formula is C15H22N2OS. The van der Waals surface area contributed by atoms with E-state index in [1.54, 1.807) is 10.4 Å². The molecule has 1 aromatic rings. The Bertz CT molecular complexity index is 445. The lowest BCUT2D eigenvalue weighted by Gasteiger charge is -2.25. The molecule has 0 spiro atoms. The predicted molar refractivity (Wildman–Crippen MR) is 78.5 cm³/mol. The summed E-state index contributed by atoms with van der Waals surface area (Å²) in [5.74, 6) is 0.166. The summed E-state index contributed by atoms with van der Waals surface area (Å²) >= 11 is 1.94. The first-order chi connectivity index (χ1) is 9.24. The highest BCUT2D eigenvalue weighted by Crippen LogP contribution is 2.33. The topological polar surface area (TPSA) is 41.1 Å². The molecular weight excluding hydrogens is 256 g/mol. The number of carbonyl (C=O) groups excluding carboxylic acids is 1. The zero-order chi connectivity index (χ0) is 13.2. The van der Waals surface area contributed by atoms with Gasteiger partial charge in [-0.25, -0.2) is 0 Å². The van der Waals surface area contributed by atoms with Gasteiger partial charge in [0.15, 0.2) is 0 Å². The molecule has 2 heterocycles. The van der Waals surface area contributed by atoms with Gasteiger partial charge in [0.05, 0.1) is 6.04 Å². The van der Waals surface area contributed by atoms with Crippen LogP contribution in [-0.4, -0.2) is 18.5 Å². The molecule has 0 radical (unpaired) electrons. The molecule has 0 saturated carbocycles. The van der Waals surface area contributed by atoms with Crippen molar-refractivity contribution in [3.05, 3.63) is 21.4 Å². The summed E-state index contributed by atoms with van der Waals surface area (Å²) in [6, 6.07) is 2.63. The number of hydrogen-bond donors (Lipinski definition) is 2. The van der Waals surface area contributed by atoms with E-state index in [2.05, 4.69) is 23.6 Å². The van der Waals surface area contributed by atoms with Gasteiger partial charge in [-0.05, 0) is 57.1 Å². The molecule has 0 aromatic carbocycles. The number of rotatable bonds is 3. The summed E-state index contributed by atoms with van der Waals surface area (Å²) in [6.45, 7) is 3.01. The Hall–Kier alpha value is -0.870. The molecule has 1 aliphatic heterocycles. The minimum absolute atomic E-state index is 0.0112. The van der Waals surface area contributed by atoms with Gasteiger partial charge in [0.1, 0.15) is 0 Å². The molecule has 4 heteroatoms. The van der Waals surface area contributed by atoms with Gasteiger partial charge in [-0.15, -0.1) is 11.3 Å². The normalized spacial score (nSPS) is 24.7. The van der Waals surface area contributed by atoms with Gasteiger partial charge in [0, 0.05) is 22.3 Å². The second kappa shape index (κ2) is 5.63. The van der Waals surface area contributed by atoms with E-state index in [1.165, 1.54) is 30.6 Å². The average molecular weight is 278 g/mol. The van der Waals surface area contributed by atoms with Crippen molar-refractivity contribution < 1.29 is 4.79 Å². The Morgan fingerprint density at radius 3 is 3.00 bits per heavy atom. The highest BCUT2D eigenvalue weighted by molar-refractivity contribution is 7.12. The summed E-state index contributed by atoms with van der Waals surface area (Å²) in [5, 5.41) is 6.43. The van der Waals surface area contributed by atoms with Crippen LogP contribution < -0.4 is 10.6 Å². The van der Waals surface area contributed by atoms with Crippen molar-refractivity contribution in [2.75, 3.05) is 6.54 Å². The first-order valence-corrected chi connectivity index (χ1v) is 8.21.